The molecule has 4 heterocycles. The highest BCUT2D eigenvalue weighted by atomic mass is 16.3. The van der Waals surface area contributed by atoms with Crippen LogP contribution in [-0.4, -0.2) is 12.3 Å². The molecule has 5 heteroatoms. The average molecular weight is 1220 g/mol. The Bertz CT molecular complexity index is 4860. The van der Waals surface area contributed by atoms with Gasteiger partial charge in [0.25, 0.3) is 6.71 Å². The average Bonchev–Trinajstić information content (AvgIpc) is 1.55. The maximum absolute atomic E-state index is 7.32. The largest absolute Gasteiger partial charge is 0.454 e. The molecule has 93 heavy (non-hydrogen) atoms. The Kier molecular flexibility index (Phi) is 12.1. The van der Waals surface area contributed by atoms with Crippen molar-refractivity contribution in [2.75, 3.05) is 14.7 Å². The van der Waals surface area contributed by atoms with E-state index in [0.717, 1.165) is 59.7 Å². The number of rotatable bonds is 4. The molecule has 1 saturated carbocycles. The first-order valence-corrected chi connectivity index (χ1v) is 35.3. The molecule has 0 spiro atoms. The van der Waals surface area contributed by atoms with Crippen LogP contribution in [0.15, 0.2) is 168 Å². The summed E-state index contributed by atoms with van der Waals surface area (Å²) in [6.45, 7) is 42.1. The molecule has 9 aromatic carbocycles. The number of hydrogen-bond acceptors (Lipinski definition) is 4. The summed E-state index contributed by atoms with van der Waals surface area (Å²) in [6.07, 6.45) is 9.21. The Morgan fingerprint density at radius 2 is 0.914 bits per heavy atom. The number of anilines is 8. The number of nitrogens with zero attached hydrogens (tertiary/aromatic N) is 3. The van der Waals surface area contributed by atoms with E-state index in [9.17, 15) is 0 Å². The predicted molar refractivity (Wildman–Crippen MR) is 396 cm³/mol. The van der Waals surface area contributed by atoms with Crippen molar-refractivity contribution in [1.29, 1.82) is 0 Å². The minimum atomic E-state index is -0.293. The Balaban J connectivity index is 1.02. The molecule has 10 aromatic rings. The van der Waals surface area contributed by atoms with E-state index in [2.05, 4.69) is 296 Å². The highest BCUT2D eigenvalue weighted by Gasteiger charge is 2.59. The first kappa shape index (κ1) is 59.0. The van der Waals surface area contributed by atoms with Crippen LogP contribution in [0.3, 0.4) is 0 Å². The Morgan fingerprint density at radius 3 is 1.58 bits per heavy atom. The number of hydrogen-bond donors (Lipinski definition) is 0. The van der Waals surface area contributed by atoms with E-state index in [-0.39, 0.29) is 55.6 Å². The van der Waals surface area contributed by atoms with Gasteiger partial charge in [-0.15, -0.1) is 0 Å². The molecule has 7 aliphatic rings. The molecule has 2 atom stereocenters. The summed E-state index contributed by atoms with van der Waals surface area (Å²) in [5.74, 6) is 0. The third kappa shape index (κ3) is 8.04. The minimum Gasteiger partial charge on any atom is -0.454 e. The smallest absolute Gasteiger partial charge is 0.252 e. The molecule has 17 rings (SSSR count). The van der Waals surface area contributed by atoms with Crippen LogP contribution in [0.2, 0.25) is 0 Å². The van der Waals surface area contributed by atoms with Crippen LogP contribution in [0.4, 0.5) is 45.5 Å². The number of furan rings is 1. The molecule has 4 nitrogen and oxygen atoms in total. The van der Waals surface area contributed by atoms with Gasteiger partial charge in [-0.3, -0.25) is 0 Å². The lowest BCUT2D eigenvalue weighted by atomic mass is 9.32. The molecule has 2 unspecified atom stereocenters. The molecule has 470 valence electrons. The molecular weight excluding hydrogens is 1130 g/mol. The monoisotopic (exact) mass is 1220 g/mol. The Morgan fingerprint density at radius 1 is 0.376 bits per heavy atom. The third-order valence-corrected chi connectivity index (χ3v) is 25.9. The maximum atomic E-state index is 7.32. The fourth-order valence-electron chi connectivity index (χ4n) is 19.8. The Hall–Kier alpha value is -7.76. The predicted octanol–water partition coefficient (Wildman–Crippen LogP) is 22.0. The standard InChI is InChI=1S/C88H94BN3O/c1-80(2,3)55-34-31-53(32-35-55)54-33-38-71-68(45-54)87(16)39-22-23-40-88(87,17)92(71)57-47-75-78-76(48-57)91(72-29-24-26-59-58-25-18-21-30-77(58)93-79(59)72)74-52-67-66(85(12,13)61-27-19-20-28-62(61)86(67,14)15)50-70(74)89(78)69-49-64-65(84(10,11)44-43-83(64,8)9)51-73(69)90(75)56-36-37-60-63(46-56)82(6,7)42-41-81(60,4)5/h18-21,24-38,45-52H,22-23,39-44H2,1-17H3. The zero-order valence-electron chi connectivity index (χ0n) is 58.6. The van der Waals surface area contributed by atoms with Crippen molar-refractivity contribution < 1.29 is 4.42 Å². The Labute approximate surface area is 554 Å². The van der Waals surface area contributed by atoms with Gasteiger partial charge in [-0.25, -0.2) is 0 Å². The molecule has 0 amide bonds. The van der Waals surface area contributed by atoms with Crippen LogP contribution in [0.1, 0.15) is 225 Å². The van der Waals surface area contributed by atoms with Crippen molar-refractivity contribution in [2.45, 2.75) is 218 Å². The van der Waals surface area contributed by atoms with Crippen molar-refractivity contribution in [3.8, 4) is 11.1 Å². The van der Waals surface area contributed by atoms with Gasteiger partial charge in [0.1, 0.15) is 5.58 Å². The van der Waals surface area contributed by atoms with Crippen molar-refractivity contribution in [3.63, 3.8) is 0 Å². The lowest BCUT2D eigenvalue weighted by Gasteiger charge is -2.52. The summed E-state index contributed by atoms with van der Waals surface area (Å²) in [4.78, 5) is 8.37. The van der Waals surface area contributed by atoms with Crippen LogP contribution in [0.5, 0.6) is 0 Å². The zero-order valence-corrected chi connectivity index (χ0v) is 58.6. The molecule has 1 fully saturated rings. The van der Waals surface area contributed by atoms with Gasteiger partial charge in [0.05, 0.1) is 11.2 Å². The number of benzene rings is 9. The van der Waals surface area contributed by atoms with Gasteiger partial charge in [0.2, 0.25) is 0 Å². The zero-order chi connectivity index (χ0) is 64.9. The van der Waals surface area contributed by atoms with E-state index < -0.39 is 0 Å². The first-order valence-electron chi connectivity index (χ1n) is 35.3. The minimum absolute atomic E-state index is 0.00275. The second-order valence-corrected chi connectivity index (χ2v) is 34.9. The van der Waals surface area contributed by atoms with Crippen LogP contribution < -0.4 is 31.1 Å². The van der Waals surface area contributed by atoms with Crippen molar-refractivity contribution in [1.82, 2.24) is 0 Å². The quantitative estimate of drug-likeness (QED) is 0.164. The van der Waals surface area contributed by atoms with E-state index in [0.29, 0.717) is 0 Å². The second kappa shape index (κ2) is 19.0. The molecule has 0 radical (unpaired) electrons. The summed E-state index contributed by atoms with van der Waals surface area (Å²) in [7, 11) is 0. The van der Waals surface area contributed by atoms with Crippen LogP contribution >= 0.6 is 0 Å². The van der Waals surface area contributed by atoms with E-state index >= 15 is 0 Å². The van der Waals surface area contributed by atoms with Gasteiger partial charge in [-0.1, -0.05) is 227 Å². The van der Waals surface area contributed by atoms with E-state index in [1.54, 1.807) is 0 Å². The van der Waals surface area contributed by atoms with Crippen molar-refractivity contribution >= 4 is 90.5 Å². The molecule has 3 aliphatic heterocycles. The molecule has 1 aromatic heterocycles. The summed E-state index contributed by atoms with van der Waals surface area (Å²) in [5, 5.41) is 2.28. The molecule has 0 N–H and O–H groups in total. The molecule has 4 aliphatic carbocycles. The molecule has 0 bridgehead atoms. The van der Waals surface area contributed by atoms with Gasteiger partial charge < -0.3 is 19.1 Å². The van der Waals surface area contributed by atoms with Crippen LogP contribution in [-0.2, 0) is 43.3 Å². The van der Waals surface area contributed by atoms with E-state index in [1.165, 1.54) is 142 Å². The van der Waals surface area contributed by atoms with Crippen molar-refractivity contribution in [3.05, 3.63) is 219 Å². The van der Waals surface area contributed by atoms with Gasteiger partial charge in [-0.05, 0) is 216 Å². The fourth-order valence-corrected chi connectivity index (χ4v) is 19.8. The molecule has 0 saturated heterocycles. The second-order valence-electron chi connectivity index (χ2n) is 34.9. The summed E-state index contributed by atoms with van der Waals surface area (Å²) < 4.78 is 7.32. The van der Waals surface area contributed by atoms with E-state index in [4.69, 9.17) is 4.42 Å². The summed E-state index contributed by atoms with van der Waals surface area (Å²) in [5.41, 5.74) is 32.0. The molecular formula is C88H94BN3O. The number of fused-ring (bicyclic) bond motifs is 14. The lowest BCUT2D eigenvalue weighted by molar-refractivity contribution is 0.195. The van der Waals surface area contributed by atoms with Crippen LogP contribution in [0.25, 0.3) is 33.1 Å². The normalized spacial score (nSPS) is 22.6. The van der Waals surface area contributed by atoms with E-state index in [1.807, 2.05) is 0 Å². The van der Waals surface area contributed by atoms with Gasteiger partial charge in [0.15, 0.2) is 5.58 Å². The summed E-state index contributed by atoms with van der Waals surface area (Å²) >= 11 is 0. The van der Waals surface area contributed by atoms with Gasteiger partial charge in [0, 0.05) is 66.8 Å². The number of para-hydroxylation sites is 2. The van der Waals surface area contributed by atoms with Gasteiger partial charge >= 0.3 is 0 Å². The summed E-state index contributed by atoms with van der Waals surface area (Å²) in [6, 6.07) is 65.8. The third-order valence-electron chi connectivity index (χ3n) is 25.9. The highest BCUT2D eigenvalue weighted by molar-refractivity contribution is 7.00. The highest BCUT2D eigenvalue weighted by Crippen LogP contribution is 2.64. The van der Waals surface area contributed by atoms with Gasteiger partial charge in [-0.2, -0.15) is 0 Å². The topological polar surface area (TPSA) is 22.9 Å². The lowest BCUT2D eigenvalue weighted by Crippen LogP contribution is -2.62. The fraction of sp³-hybridized carbons (Fsp3) is 0.386. The SMILES string of the molecule is CC(C)(C)c1ccc(-c2ccc3c(c2)C2(C)CCCCC2(C)N3c2cc3c4c(c2)N(c2cccc5c2oc2ccccc25)c2cc5c(cc2B4c2cc4c(cc2N3c2ccc3c(c2)C(C)(C)CCC3(C)C)C(C)(C)CCC4(C)C)C(C)(C)c2ccccc2C5(C)C)cc1. The maximum Gasteiger partial charge on any atom is 0.252 e. The first-order chi connectivity index (χ1) is 43.9. The van der Waals surface area contributed by atoms with Crippen molar-refractivity contribution in [2.24, 2.45) is 0 Å². The van der Waals surface area contributed by atoms with Crippen LogP contribution in [0, 0.1) is 0 Å².